The molecule has 0 aliphatic heterocycles. The maximum absolute atomic E-state index is 12.1. The third-order valence-corrected chi connectivity index (χ3v) is 5.51. The Morgan fingerprint density at radius 3 is 2.50 bits per heavy atom. The van der Waals surface area contributed by atoms with Crippen LogP contribution in [-0.4, -0.2) is 22.4 Å². The van der Waals surface area contributed by atoms with Crippen molar-refractivity contribution in [1.29, 1.82) is 0 Å². The van der Waals surface area contributed by atoms with Crippen LogP contribution in [0, 0.1) is 12.3 Å². The van der Waals surface area contributed by atoms with Crippen LogP contribution < -0.4 is 10.1 Å². The number of para-hydroxylation sites is 2. The fourth-order valence-electron chi connectivity index (χ4n) is 3.83. The van der Waals surface area contributed by atoms with E-state index in [1.165, 1.54) is 0 Å². The highest BCUT2D eigenvalue weighted by Crippen LogP contribution is 2.36. The summed E-state index contributed by atoms with van der Waals surface area (Å²) < 4.78 is 6.15. The third-order valence-electron chi connectivity index (χ3n) is 5.51. The molecule has 5 rings (SSSR count). The predicted molar refractivity (Wildman–Crippen MR) is 135 cm³/mol. The zero-order valence-corrected chi connectivity index (χ0v) is 18.3. The molecule has 1 amide bonds. The number of nitrogens with one attached hydrogen (secondary N) is 2. The van der Waals surface area contributed by atoms with Gasteiger partial charge in [0.05, 0.1) is 6.54 Å². The number of nitrogens with zero attached hydrogens (tertiary/aromatic N) is 1. The lowest BCUT2D eigenvalue weighted by atomic mass is 10.0. The van der Waals surface area contributed by atoms with E-state index < -0.39 is 0 Å². The lowest BCUT2D eigenvalue weighted by Gasteiger charge is -2.11. The number of benzene rings is 3. The van der Waals surface area contributed by atoms with E-state index in [4.69, 9.17) is 11.2 Å². The Kier molecular flexibility index (Phi) is 5.79. The van der Waals surface area contributed by atoms with Crippen molar-refractivity contribution in [2.45, 2.75) is 0 Å². The summed E-state index contributed by atoms with van der Waals surface area (Å²) >= 11 is 0. The van der Waals surface area contributed by atoms with Crippen molar-refractivity contribution in [3.63, 3.8) is 0 Å². The van der Waals surface area contributed by atoms with Crippen LogP contribution in [0.5, 0.6) is 11.5 Å². The number of terminal acetylenes is 1. The lowest BCUT2D eigenvalue weighted by molar-refractivity contribution is 0.0958. The Morgan fingerprint density at radius 1 is 0.941 bits per heavy atom. The van der Waals surface area contributed by atoms with Gasteiger partial charge >= 0.3 is 0 Å². The zero-order chi connectivity index (χ0) is 23.3. The number of fused-ring (bicyclic) bond motifs is 1. The van der Waals surface area contributed by atoms with E-state index in [9.17, 15) is 4.79 Å². The Balaban J connectivity index is 1.49. The molecule has 0 spiro atoms. The fraction of sp³-hybridized carbons (Fsp3) is 0.0345. The minimum Gasteiger partial charge on any atom is -0.457 e. The first kappa shape index (κ1) is 21.0. The number of amides is 1. The number of H-pyrrole nitrogens is 1. The highest BCUT2D eigenvalue weighted by Gasteiger charge is 2.13. The first-order valence-corrected chi connectivity index (χ1v) is 10.8. The summed E-state index contributed by atoms with van der Waals surface area (Å²) in [5.74, 6) is 3.75. The van der Waals surface area contributed by atoms with E-state index in [-0.39, 0.29) is 12.5 Å². The monoisotopic (exact) mass is 443 g/mol. The average molecular weight is 444 g/mol. The molecule has 2 heterocycles. The van der Waals surface area contributed by atoms with Crippen molar-refractivity contribution < 1.29 is 9.53 Å². The number of hydrogen-bond acceptors (Lipinski definition) is 3. The maximum atomic E-state index is 12.1. The summed E-state index contributed by atoms with van der Waals surface area (Å²) in [5, 5.41) is 3.66. The van der Waals surface area contributed by atoms with Crippen molar-refractivity contribution >= 4 is 16.9 Å². The average Bonchev–Trinajstić information content (AvgIpc) is 3.31. The number of aromatic amines is 1. The number of carbonyl (C=O) groups is 1. The van der Waals surface area contributed by atoms with Gasteiger partial charge in [0.2, 0.25) is 0 Å². The first-order valence-electron chi connectivity index (χ1n) is 10.8. The van der Waals surface area contributed by atoms with Crippen molar-refractivity contribution in [3.05, 3.63) is 103 Å². The van der Waals surface area contributed by atoms with Gasteiger partial charge in [0.1, 0.15) is 17.1 Å². The molecule has 0 fully saturated rings. The molecule has 3 aromatic carbocycles. The molecule has 5 aromatic rings. The van der Waals surface area contributed by atoms with Gasteiger partial charge in [0.25, 0.3) is 5.91 Å². The van der Waals surface area contributed by atoms with Crippen LogP contribution >= 0.6 is 0 Å². The Hall–Kier alpha value is -4.82. The Labute approximate surface area is 197 Å². The van der Waals surface area contributed by atoms with Crippen LogP contribution in [0.15, 0.2) is 97.3 Å². The molecule has 34 heavy (non-hydrogen) atoms. The summed E-state index contributed by atoms with van der Waals surface area (Å²) in [4.78, 5) is 20.0. The van der Waals surface area contributed by atoms with E-state index >= 15 is 0 Å². The van der Waals surface area contributed by atoms with Crippen molar-refractivity contribution in [2.24, 2.45) is 0 Å². The van der Waals surface area contributed by atoms with Crippen LogP contribution in [0.1, 0.15) is 10.4 Å². The molecule has 0 aliphatic carbocycles. The Bertz CT molecular complexity index is 1500. The third kappa shape index (κ3) is 4.25. The van der Waals surface area contributed by atoms with Gasteiger partial charge in [-0.05, 0) is 42.0 Å². The van der Waals surface area contributed by atoms with E-state index in [0.717, 1.165) is 44.8 Å². The Morgan fingerprint density at radius 2 is 1.71 bits per heavy atom. The molecule has 5 nitrogen and oxygen atoms in total. The number of ether oxygens (including phenoxy) is 1. The summed E-state index contributed by atoms with van der Waals surface area (Å²) in [6.07, 6.45) is 8.99. The molecule has 0 unspecified atom stereocenters. The summed E-state index contributed by atoms with van der Waals surface area (Å²) in [6, 6.07) is 27.2. The van der Waals surface area contributed by atoms with Gasteiger partial charge in [-0.25, -0.2) is 4.98 Å². The van der Waals surface area contributed by atoms with Gasteiger partial charge < -0.3 is 15.0 Å². The van der Waals surface area contributed by atoms with E-state index in [0.29, 0.717) is 5.56 Å². The number of carbonyl (C=O) groups excluding carboxylic acids is 1. The number of aromatic nitrogens is 2. The predicted octanol–water partition coefficient (Wildman–Crippen LogP) is 6.05. The number of pyridine rings is 1. The van der Waals surface area contributed by atoms with Gasteiger partial charge in [-0.1, -0.05) is 54.5 Å². The topological polar surface area (TPSA) is 67.0 Å². The molecule has 5 heteroatoms. The smallest absolute Gasteiger partial charge is 0.252 e. The highest BCUT2D eigenvalue weighted by molar-refractivity contribution is 5.98. The lowest BCUT2D eigenvalue weighted by Crippen LogP contribution is -2.23. The van der Waals surface area contributed by atoms with Crippen LogP contribution in [0.3, 0.4) is 0 Å². The molecule has 164 valence electrons. The quantitative estimate of drug-likeness (QED) is 0.314. The molecule has 0 atom stereocenters. The molecule has 0 bridgehead atoms. The SMILES string of the molecule is C#CCNC(=O)c1ccc(-c2c[nH]c3ncc(-c4ccccc4Oc4ccccc4)cc23)cc1. The second kappa shape index (κ2) is 9.35. The molecule has 0 saturated heterocycles. The van der Waals surface area contributed by atoms with Gasteiger partial charge in [-0.2, -0.15) is 0 Å². The van der Waals surface area contributed by atoms with Crippen molar-refractivity contribution in [3.8, 4) is 46.1 Å². The molecule has 0 radical (unpaired) electrons. The van der Waals surface area contributed by atoms with E-state index in [2.05, 4.69) is 27.3 Å². The minimum absolute atomic E-state index is 0.192. The second-order valence-corrected chi connectivity index (χ2v) is 7.70. The van der Waals surface area contributed by atoms with Crippen LogP contribution in [0.4, 0.5) is 0 Å². The van der Waals surface area contributed by atoms with Crippen molar-refractivity contribution in [2.75, 3.05) is 6.54 Å². The van der Waals surface area contributed by atoms with Crippen LogP contribution in [-0.2, 0) is 0 Å². The van der Waals surface area contributed by atoms with Crippen LogP contribution in [0.25, 0.3) is 33.3 Å². The zero-order valence-electron chi connectivity index (χ0n) is 18.3. The minimum atomic E-state index is -0.192. The van der Waals surface area contributed by atoms with Gasteiger partial charge in [-0.3, -0.25) is 4.79 Å². The fourth-order valence-corrected chi connectivity index (χ4v) is 3.83. The molecule has 0 aliphatic rings. The van der Waals surface area contributed by atoms with Gasteiger partial charge in [-0.15, -0.1) is 6.42 Å². The maximum Gasteiger partial charge on any atom is 0.252 e. The normalized spacial score (nSPS) is 10.6. The van der Waals surface area contributed by atoms with E-state index in [1.54, 1.807) is 12.1 Å². The standard InChI is InChI=1S/C29H21N3O2/c1-2-16-30-29(33)21-14-12-20(13-15-21)26-19-32-28-25(26)17-22(18-31-28)24-10-6-7-11-27(24)34-23-8-4-3-5-9-23/h1,3-15,17-19H,16H2,(H,30,33)(H,31,32). The van der Waals surface area contributed by atoms with Crippen molar-refractivity contribution in [1.82, 2.24) is 15.3 Å². The molecule has 0 saturated carbocycles. The highest BCUT2D eigenvalue weighted by atomic mass is 16.5. The molecular formula is C29H21N3O2. The number of rotatable bonds is 6. The van der Waals surface area contributed by atoms with E-state index in [1.807, 2.05) is 79.1 Å². The largest absolute Gasteiger partial charge is 0.457 e. The van der Waals surface area contributed by atoms with Gasteiger partial charge in [0.15, 0.2) is 0 Å². The van der Waals surface area contributed by atoms with Gasteiger partial charge in [0, 0.05) is 40.0 Å². The number of hydrogen-bond donors (Lipinski definition) is 2. The summed E-state index contributed by atoms with van der Waals surface area (Å²) in [7, 11) is 0. The van der Waals surface area contributed by atoms with Crippen LogP contribution in [0.2, 0.25) is 0 Å². The molecular weight excluding hydrogens is 422 g/mol. The summed E-state index contributed by atoms with van der Waals surface area (Å²) in [5.41, 5.74) is 5.23. The molecule has 2 aromatic heterocycles. The summed E-state index contributed by atoms with van der Waals surface area (Å²) in [6.45, 7) is 0.201. The molecule has 2 N–H and O–H groups in total. The first-order chi connectivity index (χ1) is 16.7. The second-order valence-electron chi connectivity index (χ2n) is 7.70.